The van der Waals surface area contributed by atoms with Crippen molar-refractivity contribution in [3.8, 4) is 0 Å². The third kappa shape index (κ3) is 7.13. The van der Waals surface area contributed by atoms with Gasteiger partial charge in [-0.1, -0.05) is 18.7 Å². The van der Waals surface area contributed by atoms with Crippen molar-refractivity contribution in [3.05, 3.63) is 71.1 Å². The summed E-state index contributed by atoms with van der Waals surface area (Å²) >= 11 is 0. The second-order valence-corrected chi connectivity index (χ2v) is 12.7. The minimum absolute atomic E-state index is 0.0108. The zero-order valence-electron chi connectivity index (χ0n) is 23.2. The van der Waals surface area contributed by atoms with Crippen LogP contribution in [0.2, 0.25) is 0 Å². The predicted octanol–water partition coefficient (Wildman–Crippen LogP) is 4.19. The zero-order chi connectivity index (χ0) is 29.9. The first kappa shape index (κ1) is 30.1. The zero-order valence-corrected chi connectivity index (χ0v) is 24.0. The Bertz CT molecular complexity index is 1530. The van der Waals surface area contributed by atoms with Crippen molar-refractivity contribution in [1.29, 1.82) is 0 Å². The summed E-state index contributed by atoms with van der Waals surface area (Å²) in [5, 5.41) is 7.60. The number of carbonyl (C=O) groups excluding carboxylic acids is 1. The Labute approximate surface area is 243 Å². The first-order valence-corrected chi connectivity index (χ1v) is 15.6. The Morgan fingerprint density at radius 3 is 2.62 bits per heavy atom. The van der Waals surface area contributed by atoms with Crippen LogP contribution in [-0.2, 0) is 29.3 Å². The number of fused-ring (bicyclic) bond motifs is 1. The Hall–Kier alpha value is -3.42. The molecule has 42 heavy (non-hydrogen) atoms. The van der Waals surface area contributed by atoms with E-state index >= 15 is 0 Å². The minimum atomic E-state index is -4.39. The van der Waals surface area contributed by atoms with Gasteiger partial charge in [-0.2, -0.15) is 13.2 Å². The molecule has 3 aromatic rings. The van der Waals surface area contributed by atoms with Crippen LogP contribution < -0.4 is 15.4 Å². The molecule has 0 radical (unpaired) electrons. The van der Waals surface area contributed by atoms with Crippen LogP contribution in [0.5, 0.6) is 0 Å². The molecule has 226 valence electrons. The molecule has 2 aliphatic heterocycles. The van der Waals surface area contributed by atoms with E-state index < -0.39 is 21.8 Å². The Balaban J connectivity index is 1.33. The molecule has 0 aliphatic carbocycles. The fraction of sp³-hybridized carbons (Fsp3) is 0.448. The molecule has 9 nitrogen and oxygen atoms in total. The third-order valence-corrected chi connectivity index (χ3v) is 8.94. The van der Waals surface area contributed by atoms with Crippen LogP contribution in [0.4, 0.5) is 19.1 Å². The van der Waals surface area contributed by atoms with Crippen LogP contribution in [0, 0.1) is 11.8 Å². The first-order valence-electron chi connectivity index (χ1n) is 14.0. The largest absolute Gasteiger partial charge is 0.416 e. The maximum Gasteiger partial charge on any atom is 0.416 e. The summed E-state index contributed by atoms with van der Waals surface area (Å²) in [5.41, 5.74) is 2.01. The number of likely N-dealkylation sites (tertiary alicyclic amines) is 1. The molecule has 2 unspecified atom stereocenters. The minimum Gasteiger partial charge on any atom is -0.352 e. The Kier molecular flexibility index (Phi) is 8.90. The van der Waals surface area contributed by atoms with E-state index in [0.29, 0.717) is 61.1 Å². The van der Waals surface area contributed by atoms with Crippen LogP contribution in [0.25, 0.3) is 11.0 Å². The van der Waals surface area contributed by atoms with Crippen LogP contribution in [0.15, 0.2) is 54.5 Å². The Morgan fingerprint density at radius 2 is 1.93 bits per heavy atom. The molecule has 2 aromatic carbocycles. The van der Waals surface area contributed by atoms with Crippen LogP contribution in [0.3, 0.4) is 0 Å². The molecule has 2 atom stereocenters. The number of amides is 1. The number of benzene rings is 2. The summed E-state index contributed by atoms with van der Waals surface area (Å²) in [4.78, 5) is 19.9. The fourth-order valence-electron chi connectivity index (χ4n) is 5.57. The van der Waals surface area contributed by atoms with Gasteiger partial charge in [0.1, 0.15) is 0 Å². The van der Waals surface area contributed by atoms with E-state index in [1.807, 2.05) is 6.07 Å². The van der Waals surface area contributed by atoms with Crippen molar-refractivity contribution in [2.75, 3.05) is 38.0 Å². The number of imidazole rings is 1. The monoisotopic (exact) mass is 604 g/mol. The second-order valence-electron chi connectivity index (χ2n) is 11.0. The van der Waals surface area contributed by atoms with E-state index in [2.05, 4.69) is 26.5 Å². The van der Waals surface area contributed by atoms with Gasteiger partial charge in [-0.25, -0.2) is 18.1 Å². The maximum absolute atomic E-state index is 13.3. The van der Waals surface area contributed by atoms with Crippen molar-refractivity contribution >= 4 is 32.9 Å². The van der Waals surface area contributed by atoms with Gasteiger partial charge in [-0.3, -0.25) is 4.79 Å². The van der Waals surface area contributed by atoms with E-state index in [1.54, 1.807) is 17.0 Å². The van der Waals surface area contributed by atoms with Gasteiger partial charge in [-0.05, 0) is 80.1 Å². The Morgan fingerprint density at radius 1 is 1.14 bits per heavy atom. The predicted molar refractivity (Wildman–Crippen MR) is 155 cm³/mol. The number of nitrogens with zero attached hydrogens (tertiary/aromatic N) is 3. The summed E-state index contributed by atoms with van der Waals surface area (Å²) in [7, 11) is -3.52. The average molecular weight is 605 g/mol. The molecule has 13 heteroatoms. The average Bonchev–Trinajstić information content (AvgIpc) is 3.59. The lowest BCUT2D eigenvalue weighted by atomic mass is 9.99. The first-order chi connectivity index (χ1) is 20.0. The van der Waals surface area contributed by atoms with Gasteiger partial charge in [0.05, 0.1) is 16.6 Å². The number of carbonyl (C=O) groups is 1. The molecule has 1 aromatic heterocycles. The molecule has 0 saturated carbocycles. The van der Waals surface area contributed by atoms with E-state index in [-0.39, 0.29) is 18.4 Å². The number of rotatable bonds is 10. The molecule has 5 rings (SSSR count). The molecule has 3 N–H and O–H groups in total. The van der Waals surface area contributed by atoms with Crippen molar-refractivity contribution in [2.45, 2.75) is 38.5 Å². The molecule has 0 spiro atoms. The quantitative estimate of drug-likeness (QED) is 0.320. The third-order valence-electron chi connectivity index (χ3n) is 7.93. The number of alkyl halides is 3. The topological polar surface area (TPSA) is 108 Å². The molecule has 3 heterocycles. The van der Waals surface area contributed by atoms with Gasteiger partial charge >= 0.3 is 6.18 Å². The lowest BCUT2D eigenvalue weighted by Crippen LogP contribution is -2.32. The number of halogens is 3. The van der Waals surface area contributed by atoms with Crippen LogP contribution in [0.1, 0.15) is 40.7 Å². The highest BCUT2D eigenvalue weighted by molar-refractivity contribution is 7.92. The van der Waals surface area contributed by atoms with Gasteiger partial charge in [0, 0.05) is 43.7 Å². The molecule has 2 aliphatic rings. The van der Waals surface area contributed by atoms with E-state index in [0.717, 1.165) is 49.0 Å². The van der Waals surface area contributed by atoms with Crippen LogP contribution in [-0.4, -0.2) is 61.5 Å². The van der Waals surface area contributed by atoms with Gasteiger partial charge < -0.3 is 20.1 Å². The molecule has 0 bridgehead atoms. The fourth-order valence-corrected chi connectivity index (χ4v) is 6.16. The van der Waals surface area contributed by atoms with Crippen molar-refractivity contribution < 1.29 is 26.4 Å². The smallest absolute Gasteiger partial charge is 0.352 e. The summed E-state index contributed by atoms with van der Waals surface area (Å²) in [6.45, 7) is 7.38. The SMILES string of the molecule is C=CS(=O)(=O)NCC1CCN(C(=O)c2ccc3c(c2)nc(NCc2ccc(C(F)(F)F)cc2)n3CC2CCCNC2)C1. The molecular weight excluding hydrogens is 569 g/mol. The molecule has 2 saturated heterocycles. The molecular formula is C29H35F3N6O3S. The number of hydrogen-bond acceptors (Lipinski definition) is 6. The highest BCUT2D eigenvalue weighted by atomic mass is 32.2. The van der Waals surface area contributed by atoms with Crippen molar-refractivity contribution in [3.63, 3.8) is 0 Å². The maximum atomic E-state index is 13.3. The highest BCUT2D eigenvalue weighted by Gasteiger charge is 2.30. The lowest BCUT2D eigenvalue weighted by Gasteiger charge is -2.24. The second kappa shape index (κ2) is 12.4. The molecule has 1 amide bonds. The van der Waals surface area contributed by atoms with Crippen LogP contribution >= 0.6 is 0 Å². The number of aromatic nitrogens is 2. The highest BCUT2D eigenvalue weighted by Crippen LogP contribution is 2.30. The normalized spacial score (nSPS) is 19.7. The van der Waals surface area contributed by atoms with Crippen molar-refractivity contribution in [2.24, 2.45) is 11.8 Å². The van der Waals surface area contributed by atoms with Gasteiger partial charge in [0.2, 0.25) is 16.0 Å². The van der Waals surface area contributed by atoms with Gasteiger partial charge in [0.25, 0.3) is 5.91 Å². The van der Waals surface area contributed by atoms with Crippen molar-refractivity contribution in [1.82, 2.24) is 24.5 Å². The number of sulfonamides is 1. The number of hydrogen-bond donors (Lipinski definition) is 3. The summed E-state index contributed by atoms with van der Waals surface area (Å²) in [5.74, 6) is 0.855. The number of nitrogens with one attached hydrogen (secondary N) is 3. The molecule has 2 fully saturated rings. The summed E-state index contributed by atoms with van der Waals surface area (Å²) < 4.78 is 66.9. The summed E-state index contributed by atoms with van der Waals surface area (Å²) in [6.07, 6.45) is -1.55. The van der Waals surface area contributed by atoms with E-state index in [9.17, 15) is 26.4 Å². The van der Waals surface area contributed by atoms with E-state index in [1.165, 1.54) is 12.1 Å². The lowest BCUT2D eigenvalue weighted by molar-refractivity contribution is -0.137. The number of piperidine rings is 1. The summed E-state index contributed by atoms with van der Waals surface area (Å²) in [6, 6.07) is 10.5. The van der Waals surface area contributed by atoms with Gasteiger partial charge in [-0.15, -0.1) is 0 Å². The van der Waals surface area contributed by atoms with Gasteiger partial charge in [0.15, 0.2) is 0 Å². The standard InChI is InChI=1S/C29H35F3N6O3S/c1-2-42(40,41)35-17-22-11-13-37(18-22)27(39)23-7-10-26-25(14-23)36-28(38(26)19-21-4-3-12-33-15-21)34-16-20-5-8-24(9-6-20)29(30,31)32/h2,5-10,14,21-22,33,35H,1,3-4,11-13,15-19H2,(H,34,36). The number of anilines is 1. The van der Waals surface area contributed by atoms with E-state index in [4.69, 9.17) is 4.98 Å².